The number of nitrogens with one attached hydrogen (secondary N) is 1. The molecule has 0 saturated carbocycles. The van der Waals surface area contributed by atoms with E-state index in [-0.39, 0.29) is 30.4 Å². The molecule has 0 radical (unpaired) electrons. The van der Waals surface area contributed by atoms with Gasteiger partial charge in [-0.25, -0.2) is 0 Å². The van der Waals surface area contributed by atoms with Crippen molar-refractivity contribution < 1.29 is 19.0 Å². The Labute approximate surface area is 126 Å². The number of hydrogen-bond donors (Lipinski definition) is 1. The van der Waals surface area contributed by atoms with Crippen LogP contribution in [0, 0.1) is 0 Å². The molecule has 22 heavy (non-hydrogen) atoms. The second kappa shape index (κ2) is 6.70. The van der Waals surface area contributed by atoms with Gasteiger partial charge in [-0.05, 0) is 0 Å². The molecule has 2 heterocycles. The number of amides is 1. The van der Waals surface area contributed by atoms with Crippen LogP contribution in [-0.2, 0) is 13.6 Å². The lowest BCUT2D eigenvalue weighted by Gasteiger charge is -2.06. The molecular weight excluding hydrogens is 292 g/mol. The zero-order valence-electron chi connectivity index (χ0n) is 12.7. The molecule has 2 aromatic rings. The first-order valence-electron chi connectivity index (χ1n) is 6.26. The Morgan fingerprint density at radius 3 is 2.32 bits per heavy atom. The van der Waals surface area contributed by atoms with Crippen molar-refractivity contribution >= 4 is 5.91 Å². The van der Waals surface area contributed by atoms with E-state index >= 15 is 0 Å². The maximum atomic E-state index is 12.1. The third-order valence-electron chi connectivity index (χ3n) is 2.65. The molecule has 10 nitrogen and oxygen atoms in total. The highest BCUT2D eigenvalue weighted by atomic mass is 16.5. The fourth-order valence-electron chi connectivity index (χ4n) is 1.67. The van der Waals surface area contributed by atoms with Crippen molar-refractivity contribution in [1.29, 1.82) is 0 Å². The number of rotatable bonds is 6. The highest BCUT2D eigenvalue weighted by Crippen LogP contribution is 2.14. The largest absolute Gasteiger partial charge is 0.479 e. The summed E-state index contributed by atoms with van der Waals surface area (Å²) in [5, 5.41) is 6.68. The smallest absolute Gasteiger partial charge is 0.322 e. The Kier molecular flexibility index (Phi) is 4.71. The predicted molar refractivity (Wildman–Crippen MR) is 73.9 cm³/mol. The molecular formula is C12H16N6O4. The fourth-order valence-corrected chi connectivity index (χ4v) is 1.67. The van der Waals surface area contributed by atoms with Crippen molar-refractivity contribution in [3.8, 4) is 17.9 Å². The number of methoxy groups -OCH3 is 3. The van der Waals surface area contributed by atoms with Gasteiger partial charge in [0.25, 0.3) is 5.91 Å². The first-order chi connectivity index (χ1) is 10.6. The molecule has 10 heteroatoms. The number of aryl methyl sites for hydroxylation is 1. The average molecular weight is 308 g/mol. The summed E-state index contributed by atoms with van der Waals surface area (Å²) in [7, 11) is 6.00. The number of hydrogen-bond acceptors (Lipinski definition) is 8. The van der Waals surface area contributed by atoms with Crippen LogP contribution in [0.5, 0.6) is 17.9 Å². The van der Waals surface area contributed by atoms with E-state index in [2.05, 4.69) is 25.4 Å². The van der Waals surface area contributed by atoms with E-state index in [0.717, 1.165) is 0 Å². The Morgan fingerprint density at radius 2 is 1.77 bits per heavy atom. The molecule has 118 valence electrons. The summed E-state index contributed by atoms with van der Waals surface area (Å²) in [5.41, 5.74) is 0.318. The first kappa shape index (κ1) is 15.5. The molecule has 0 saturated heterocycles. The Hall–Kier alpha value is -2.91. The summed E-state index contributed by atoms with van der Waals surface area (Å²) in [6.07, 6.45) is 1.56. The minimum Gasteiger partial charge on any atom is -0.479 e. The van der Waals surface area contributed by atoms with Crippen molar-refractivity contribution in [2.45, 2.75) is 6.54 Å². The standard InChI is InChI=1S/C12H16N6O4/c1-18-6-7(10(17-18)20-2)9(19)13-5-8-14-11(21-3)16-12(15-8)22-4/h6H,5H2,1-4H3,(H,13,19). The lowest BCUT2D eigenvalue weighted by atomic mass is 10.3. The van der Waals surface area contributed by atoms with E-state index in [1.54, 1.807) is 13.2 Å². The van der Waals surface area contributed by atoms with Gasteiger partial charge in [0.1, 0.15) is 5.56 Å². The molecule has 0 spiro atoms. The van der Waals surface area contributed by atoms with E-state index in [1.807, 2.05) is 0 Å². The van der Waals surface area contributed by atoms with Crippen LogP contribution in [0.25, 0.3) is 0 Å². The molecule has 2 rings (SSSR count). The summed E-state index contributed by atoms with van der Waals surface area (Å²) < 4.78 is 16.4. The third-order valence-corrected chi connectivity index (χ3v) is 2.65. The second-order valence-electron chi connectivity index (χ2n) is 4.13. The van der Waals surface area contributed by atoms with Crippen LogP contribution in [0.1, 0.15) is 16.2 Å². The van der Waals surface area contributed by atoms with E-state index < -0.39 is 0 Å². The van der Waals surface area contributed by atoms with Crippen molar-refractivity contribution in [2.75, 3.05) is 21.3 Å². The van der Waals surface area contributed by atoms with Gasteiger partial charge in [-0.3, -0.25) is 9.48 Å². The summed E-state index contributed by atoms with van der Waals surface area (Å²) in [6, 6.07) is 0.213. The summed E-state index contributed by atoms with van der Waals surface area (Å²) in [4.78, 5) is 24.1. The number of carbonyl (C=O) groups excluding carboxylic acids is 1. The van der Waals surface area contributed by atoms with Crippen LogP contribution in [0.3, 0.4) is 0 Å². The molecule has 1 amide bonds. The fraction of sp³-hybridized carbons (Fsp3) is 0.417. The van der Waals surface area contributed by atoms with E-state index in [0.29, 0.717) is 11.4 Å². The van der Waals surface area contributed by atoms with Crippen LogP contribution >= 0.6 is 0 Å². The SMILES string of the molecule is COc1nc(CNC(=O)c2cn(C)nc2OC)nc(OC)n1. The molecule has 0 fully saturated rings. The Morgan fingerprint density at radius 1 is 1.14 bits per heavy atom. The monoisotopic (exact) mass is 308 g/mol. The second-order valence-corrected chi connectivity index (χ2v) is 4.13. The zero-order valence-corrected chi connectivity index (χ0v) is 12.7. The molecule has 0 aliphatic rings. The normalized spacial score (nSPS) is 10.2. The van der Waals surface area contributed by atoms with Gasteiger partial charge in [-0.15, -0.1) is 10.1 Å². The van der Waals surface area contributed by atoms with E-state index in [4.69, 9.17) is 14.2 Å². The van der Waals surface area contributed by atoms with Crippen LogP contribution in [0.2, 0.25) is 0 Å². The van der Waals surface area contributed by atoms with Gasteiger partial charge in [0, 0.05) is 13.2 Å². The van der Waals surface area contributed by atoms with Crippen LogP contribution in [-0.4, -0.2) is 52.0 Å². The van der Waals surface area contributed by atoms with Crippen LogP contribution in [0.15, 0.2) is 6.20 Å². The molecule has 0 bridgehead atoms. The summed E-state index contributed by atoms with van der Waals surface area (Å²) in [6.45, 7) is 0.0755. The first-order valence-corrected chi connectivity index (χ1v) is 6.26. The van der Waals surface area contributed by atoms with Crippen molar-refractivity contribution in [3.05, 3.63) is 17.6 Å². The maximum Gasteiger partial charge on any atom is 0.322 e. The minimum absolute atomic E-state index is 0.0755. The molecule has 0 atom stereocenters. The zero-order chi connectivity index (χ0) is 16.1. The summed E-state index contributed by atoms with van der Waals surface area (Å²) in [5.74, 6) is 0.189. The summed E-state index contributed by atoms with van der Waals surface area (Å²) >= 11 is 0. The topological polar surface area (TPSA) is 113 Å². The Balaban J connectivity index is 2.10. The van der Waals surface area contributed by atoms with Crippen LogP contribution in [0.4, 0.5) is 0 Å². The molecule has 0 aromatic carbocycles. The molecule has 0 aliphatic heterocycles. The minimum atomic E-state index is -0.358. The van der Waals surface area contributed by atoms with Crippen molar-refractivity contribution in [3.63, 3.8) is 0 Å². The highest BCUT2D eigenvalue weighted by molar-refractivity contribution is 5.96. The Bertz CT molecular complexity index is 649. The van der Waals surface area contributed by atoms with Gasteiger partial charge >= 0.3 is 12.0 Å². The van der Waals surface area contributed by atoms with Gasteiger partial charge in [-0.1, -0.05) is 0 Å². The highest BCUT2D eigenvalue weighted by Gasteiger charge is 2.17. The average Bonchev–Trinajstić information content (AvgIpc) is 2.93. The number of aromatic nitrogens is 5. The lowest BCUT2D eigenvalue weighted by Crippen LogP contribution is -2.24. The molecule has 0 unspecified atom stereocenters. The number of nitrogens with zero attached hydrogens (tertiary/aromatic N) is 5. The van der Waals surface area contributed by atoms with Gasteiger partial charge in [0.15, 0.2) is 5.82 Å². The molecule has 1 N–H and O–H groups in total. The van der Waals surface area contributed by atoms with Crippen molar-refractivity contribution in [1.82, 2.24) is 30.0 Å². The van der Waals surface area contributed by atoms with Crippen LogP contribution < -0.4 is 19.5 Å². The van der Waals surface area contributed by atoms with Gasteiger partial charge in [0.05, 0.1) is 27.9 Å². The quantitative estimate of drug-likeness (QED) is 0.764. The maximum absolute atomic E-state index is 12.1. The van der Waals surface area contributed by atoms with Crippen molar-refractivity contribution in [2.24, 2.45) is 7.05 Å². The molecule has 2 aromatic heterocycles. The van der Waals surface area contributed by atoms with E-state index in [1.165, 1.54) is 26.0 Å². The number of ether oxygens (including phenoxy) is 3. The third kappa shape index (κ3) is 3.40. The number of carbonyl (C=O) groups is 1. The molecule has 0 aliphatic carbocycles. The lowest BCUT2D eigenvalue weighted by molar-refractivity contribution is 0.0946. The van der Waals surface area contributed by atoms with Gasteiger partial charge in [0.2, 0.25) is 5.88 Å². The predicted octanol–water partition coefficient (Wildman–Crippen LogP) is -0.439. The van der Waals surface area contributed by atoms with Gasteiger partial charge < -0.3 is 19.5 Å². The van der Waals surface area contributed by atoms with E-state index in [9.17, 15) is 4.79 Å². The van der Waals surface area contributed by atoms with Gasteiger partial charge in [-0.2, -0.15) is 9.97 Å².